The number of amides is 1. The number of nitrogens with one attached hydrogen (secondary N) is 1. The van der Waals surface area contributed by atoms with Crippen LogP contribution in [-0.2, 0) is 0 Å². The van der Waals surface area contributed by atoms with E-state index in [9.17, 15) is 4.79 Å². The molecular weight excluding hydrogens is 414 g/mol. The number of likely N-dealkylation sites (tertiary alicyclic amines) is 1. The highest BCUT2D eigenvalue weighted by atomic mass is 16.5. The van der Waals surface area contributed by atoms with Crippen molar-refractivity contribution in [1.82, 2.24) is 25.1 Å². The minimum absolute atomic E-state index is 0.125. The van der Waals surface area contributed by atoms with E-state index in [0.29, 0.717) is 47.6 Å². The quantitative estimate of drug-likeness (QED) is 0.598. The fraction of sp³-hybridized carbons (Fsp3) is 0.364. The average Bonchev–Trinajstić information content (AvgIpc) is 3.33. The number of aromatic nitrogens is 4. The zero-order chi connectivity index (χ0) is 22.5. The molecule has 0 spiro atoms. The van der Waals surface area contributed by atoms with E-state index in [4.69, 9.17) is 18.9 Å². The lowest BCUT2D eigenvalue weighted by Gasteiger charge is -2.32. The molecule has 1 atom stereocenters. The number of nitrogens with zero attached hydrogens (tertiary/aromatic N) is 4. The van der Waals surface area contributed by atoms with Crippen molar-refractivity contribution in [3.05, 3.63) is 42.5 Å². The molecule has 10 nitrogen and oxygen atoms in total. The van der Waals surface area contributed by atoms with Gasteiger partial charge in [-0.3, -0.25) is 9.89 Å². The van der Waals surface area contributed by atoms with E-state index in [1.807, 2.05) is 0 Å². The number of methoxy groups -OCH3 is 3. The number of piperidine rings is 1. The van der Waals surface area contributed by atoms with Crippen LogP contribution in [0.5, 0.6) is 23.1 Å². The lowest BCUT2D eigenvalue weighted by atomic mass is 10.1. The van der Waals surface area contributed by atoms with Crippen LogP contribution in [0.3, 0.4) is 0 Å². The third kappa shape index (κ3) is 4.43. The first-order valence-corrected chi connectivity index (χ1v) is 10.2. The number of hydrogen-bond acceptors (Lipinski definition) is 8. The van der Waals surface area contributed by atoms with Gasteiger partial charge in [0.2, 0.25) is 11.6 Å². The maximum Gasteiger partial charge on any atom is 0.272 e. The lowest BCUT2D eigenvalue weighted by molar-refractivity contribution is 0.0522. The zero-order valence-electron chi connectivity index (χ0n) is 18.2. The van der Waals surface area contributed by atoms with E-state index in [1.165, 1.54) is 6.33 Å². The van der Waals surface area contributed by atoms with Crippen LogP contribution in [0.1, 0.15) is 23.3 Å². The summed E-state index contributed by atoms with van der Waals surface area (Å²) in [5.41, 5.74) is 1.73. The second-order valence-corrected chi connectivity index (χ2v) is 7.26. The van der Waals surface area contributed by atoms with Crippen LogP contribution in [-0.4, -0.2) is 71.5 Å². The van der Waals surface area contributed by atoms with Crippen molar-refractivity contribution in [3.63, 3.8) is 0 Å². The molecule has 1 N–H and O–H groups in total. The Morgan fingerprint density at radius 2 is 1.91 bits per heavy atom. The predicted octanol–water partition coefficient (Wildman–Crippen LogP) is 2.58. The highest BCUT2D eigenvalue weighted by Gasteiger charge is 2.27. The van der Waals surface area contributed by atoms with E-state index in [1.54, 1.807) is 56.7 Å². The van der Waals surface area contributed by atoms with E-state index in [2.05, 4.69) is 20.2 Å². The number of carbonyl (C=O) groups excluding carboxylic acids is 1. The Balaban J connectivity index is 1.50. The van der Waals surface area contributed by atoms with Crippen LogP contribution in [0.4, 0.5) is 0 Å². The van der Waals surface area contributed by atoms with Crippen LogP contribution < -0.4 is 18.9 Å². The first-order valence-electron chi connectivity index (χ1n) is 10.2. The van der Waals surface area contributed by atoms with E-state index in [-0.39, 0.29) is 12.0 Å². The van der Waals surface area contributed by atoms with Crippen LogP contribution in [0, 0.1) is 0 Å². The minimum atomic E-state index is -0.132. The molecule has 1 aromatic carbocycles. The molecule has 10 heteroatoms. The number of ether oxygens (including phenoxy) is 4. The van der Waals surface area contributed by atoms with Gasteiger partial charge in [0.15, 0.2) is 11.5 Å². The van der Waals surface area contributed by atoms with E-state index >= 15 is 0 Å². The van der Waals surface area contributed by atoms with Crippen LogP contribution in [0.2, 0.25) is 0 Å². The van der Waals surface area contributed by atoms with Crippen molar-refractivity contribution in [2.75, 3.05) is 34.4 Å². The SMILES string of the molecule is COc1cc(-c2cc(C(=O)N3CCCC(Oc4ccncn4)C3)[nH]n2)cc(OC)c1OC. The summed E-state index contributed by atoms with van der Waals surface area (Å²) in [5, 5.41) is 7.18. The standard InChI is InChI=1S/C22H25N5O5/c1-29-18-9-14(10-19(30-2)21(18)31-3)16-11-17(26-25-16)22(28)27-8-4-5-15(12-27)32-20-6-7-23-13-24-20/h6-7,9-11,13,15H,4-5,8,12H2,1-3H3,(H,25,26). The number of hydrogen-bond donors (Lipinski definition) is 1. The van der Waals surface area contributed by atoms with Crippen molar-refractivity contribution in [1.29, 1.82) is 0 Å². The Kier molecular flexibility index (Phi) is 6.39. The van der Waals surface area contributed by atoms with Crippen LogP contribution in [0.25, 0.3) is 11.3 Å². The molecule has 1 fully saturated rings. The third-order valence-electron chi connectivity index (χ3n) is 5.28. The van der Waals surface area contributed by atoms with Gasteiger partial charge < -0.3 is 23.8 Å². The van der Waals surface area contributed by atoms with Crippen molar-refractivity contribution in [3.8, 4) is 34.4 Å². The zero-order valence-corrected chi connectivity index (χ0v) is 18.2. The highest BCUT2D eigenvalue weighted by molar-refractivity contribution is 5.93. The van der Waals surface area contributed by atoms with Crippen molar-refractivity contribution in [2.45, 2.75) is 18.9 Å². The number of H-pyrrole nitrogens is 1. The van der Waals surface area contributed by atoms with Gasteiger partial charge in [-0.25, -0.2) is 9.97 Å². The second-order valence-electron chi connectivity index (χ2n) is 7.26. The molecule has 0 radical (unpaired) electrons. The molecule has 0 bridgehead atoms. The van der Waals surface area contributed by atoms with Crippen LogP contribution >= 0.6 is 0 Å². The first-order chi connectivity index (χ1) is 15.6. The van der Waals surface area contributed by atoms with Gasteiger partial charge >= 0.3 is 0 Å². The largest absolute Gasteiger partial charge is 0.493 e. The van der Waals surface area contributed by atoms with Crippen molar-refractivity contribution in [2.24, 2.45) is 0 Å². The van der Waals surface area contributed by atoms with Gasteiger partial charge in [-0.15, -0.1) is 0 Å². The fourth-order valence-corrected chi connectivity index (χ4v) is 3.72. The van der Waals surface area contributed by atoms with Crippen molar-refractivity contribution < 1.29 is 23.7 Å². The van der Waals surface area contributed by atoms with Gasteiger partial charge in [0, 0.05) is 24.4 Å². The Morgan fingerprint density at radius 1 is 1.12 bits per heavy atom. The topological polar surface area (TPSA) is 112 Å². The number of carbonyl (C=O) groups is 1. The smallest absolute Gasteiger partial charge is 0.272 e. The van der Waals surface area contributed by atoms with Crippen LogP contribution in [0.15, 0.2) is 36.8 Å². The molecule has 1 aliphatic rings. The molecule has 3 heterocycles. The Hall–Kier alpha value is -3.82. The number of aromatic amines is 1. The fourth-order valence-electron chi connectivity index (χ4n) is 3.72. The van der Waals surface area contributed by atoms with Gasteiger partial charge in [0.1, 0.15) is 18.1 Å². The predicted molar refractivity (Wildman–Crippen MR) is 115 cm³/mol. The van der Waals surface area contributed by atoms with Crippen molar-refractivity contribution >= 4 is 5.91 Å². The molecule has 2 aromatic heterocycles. The highest BCUT2D eigenvalue weighted by Crippen LogP contribution is 2.40. The summed E-state index contributed by atoms with van der Waals surface area (Å²) in [6.45, 7) is 1.13. The monoisotopic (exact) mass is 439 g/mol. The molecule has 4 rings (SSSR count). The molecule has 1 aliphatic heterocycles. The van der Waals surface area contributed by atoms with E-state index < -0.39 is 0 Å². The Morgan fingerprint density at radius 3 is 2.56 bits per heavy atom. The van der Waals surface area contributed by atoms with Gasteiger partial charge in [-0.05, 0) is 31.0 Å². The first kappa shape index (κ1) is 21.4. The molecule has 168 valence electrons. The summed E-state index contributed by atoms with van der Waals surface area (Å²) < 4.78 is 22.1. The van der Waals surface area contributed by atoms with Gasteiger partial charge in [-0.1, -0.05) is 0 Å². The molecule has 32 heavy (non-hydrogen) atoms. The molecule has 3 aromatic rings. The number of benzene rings is 1. The summed E-state index contributed by atoms with van der Waals surface area (Å²) in [5.74, 6) is 1.89. The summed E-state index contributed by atoms with van der Waals surface area (Å²) in [6, 6.07) is 7.01. The summed E-state index contributed by atoms with van der Waals surface area (Å²) in [4.78, 5) is 22.8. The lowest BCUT2D eigenvalue weighted by Crippen LogP contribution is -2.44. The Labute approximate surface area is 185 Å². The minimum Gasteiger partial charge on any atom is -0.493 e. The second kappa shape index (κ2) is 9.54. The summed E-state index contributed by atoms with van der Waals surface area (Å²) in [6.07, 6.45) is 4.64. The number of rotatable bonds is 7. The summed E-state index contributed by atoms with van der Waals surface area (Å²) in [7, 11) is 4.65. The van der Waals surface area contributed by atoms with Gasteiger partial charge in [0.05, 0.1) is 33.6 Å². The third-order valence-corrected chi connectivity index (χ3v) is 5.28. The maximum atomic E-state index is 13.1. The normalized spacial score (nSPS) is 15.8. The molecule has 0 saturated carbocycles. The molecule has 1 amide bonds. The van der Waals surface area contributed by atoms with Gasteiger partial charge in [-0.2, -0.15) is 5.10 Å². The maximum absolute atomic E-state index is 13.1. The van der Waals surface area contributed by atoms with Gasteiger partial charge in [0.25, 0.3) is 5.91 Å². The molecular formula is C22H25N5O5. The van der Waals surface area contributed by atoms with E-state index in [0.717, 1.165) is 18.4 Å². The molecule has 1 saturated heterocycles. The Bertz CT molecular complexity index is 1050. The molecule has 0 aliphatic carbocycles. The molecule has 1 unspecified atom stereocenters. The average molecular weight is 439 g/mol. The summed E-state index contributed by atoms with van der Waals surface area (Å²) >= 11 is 0.